The Morgan fingerprint density at radius 2 is 1.76 bits per heavy atom. The van der Waals surface area contributed by atoms with Crippen LogP contribution in [-0.4, -0.2) is 31.2 Å². The number of nitrogens with zero attached hydrogens (tertiary/aromatic N) is 1. The molecule has 1 amide bonds. The summed E-state index contributed by atoms with van der Waals surface area (Å²) in [7, 11) is 1.63. The number of thiazole rings is 1. The average molecular weight is 413 g/mol. The van der Waals surface area contributed by atoms with Crippen molar-refractivity contribution in [3.63, 3.8) is 0 Å². The van der Waals surface area contributed by atoms with Crippen LogP contribution in [-0.2, 0) is 0 Å². The van der Waals surface area contributed by atoms with Gasteiger partial charge in [0.25, 0.3) is 5.91 Å². The van der Waals surface area contributed by atoms with Gasteiger partial charge in [-0.2, -0.15) is 0 Å². The van der Waals surface area contributed by atoms with E-state index in [0.29, 0.717) is 35.4 Å². The van der Waals surface area contributed by atoms with E-state index in [1.807, 2.05) is 44.4 Å². The van der Waals surface area contributed by atoms with Gasteiger partial charge in [-0.05, 0) is 51.1 Å². The molecule has 29 heavy (non-hydrogen) atoms. The molecule has 0 bridgehead atoms. The summed E-state index contributed by atoms with van der Waals surface area (Å²) >= 11 is 1.36. The van der Waals surface area contributed by atoms with Gasteiger partial charge in [0.05, 0.1) is 26.0 Å². The van der Waals surface area contributed by atoms with Crippen LogP contribution in [0.3, 0.4) is 0 Å². The quantitative estimate of drug-likeness (QED) is 0.552. The Morgan fingerprint density at radius 1 is 1.03 bits per heavy atom. The van der Waals surface area contributed by atoms with Crippen LogP contribution >= 0.6 is 11.3 Å². The van der Waals surface area contributed by atoms with E-state index in [0.717, 1.165) is 22.6 Å². The predicted octanol–water partition coefficient (Wildman–Crippen LogP) is 5.18. The van der Waals surface area contributed by atoms with Gasteiger partial charge in [-0.15, -0.1) is 11.3 Å². The molecule has 6 nitrogen and oxygen atoms in total. The number of anilines is 1. The third-order valence-corrected chi connectivity index (χ3v) is 4.92. The van der Waals surface area contributed by atoms with Crippen LogP contribution in [0.2, 0.25) is 0 Å². The molecule has 0 radical (unpaired) electrons. The average Bonchev–Trinajstić information content (AvgIpc) is 3.18. The molecule has 1 aromatic heterocycles. The number of hydrogen-bond donors (Lipinski definition) is 1. The highest BCUT2D eigenvalue weighted by molar-refractivity contribution is 7.14. The Bertz CT molecular complexity index is 1000. The second kappa shape index (κ2) is 9.43. The number of aromatic nitrogens is 1. The van der Waals surface area contributed by atoms with Crippen LogP contribution in [0.5, 0.6) is 17.2 Å². The summed E-state index contributed by atoms with van der Waals surface area (Å²) in [5, 5.41) is 5.27. The zero-order valence-corrected chi connectivity index (χ0v) is 17.8. The maximum Gasteiger partial charge on any atom is 0.257 e. The van der Waals surface area contributed by atoms with E-state index >= 15 is 0 Å². The van der Waals surface area contributed by atoms with E-state index < -0.39 is 0 Å². The molecular formula is C22H24N2O4S. The standard InChI is InChI=1S/C22H24N2O4S/c1-5-27-19-10-8-15(12-20(19)28-6-2)21(25)24-22-23-17(13-29-22)16-11-14(3)7-9-18(16)26-4/h7-13H,5-6H2,1-4H3,(H,23,24,25). The van der Waals surface area contributed by atoms with Gasteiger partial charge >= 0.3 is 0 Å². The maximum absolute atomic E-state index is 12.7. The van der Waals surface area contributed by atoms with Crippen LogP contribution in [0.15, 0.2) is 41.8 Å². The fourth-order valence-electron chi connectivity index (χ4n) is 2.84. The Hall–Kier alpha value is -3.06. The highest BCUT2D eigenvalue weighted by atomic mass is 32.1. The zero-order chi connectivity index (χ0) is 20.8. The number of benzene rings is 2. The van der Waals surface area contributed by atoms with Gasteiger partial charge in [0.1, 0.15) is 5.75 Å². The number of nitrogens with one attached hydrogen (secondary N) is 1. The molecule has 3 aromatic rings. The van der Waals surface area contributed by atoms with Gasteiger partial charge in [-0.1, -0.05) is 11.6 Å². The number of hydrogen-bond acceptors (Lipinski definition) is 6. The number of carbonyl (C=O) groups excluding carboxylic acids is 1. The van der Waals surface area contributed by atoms with Gasteiger partial charge < -0.3 is 14.2 Å². The van der Waals surface area contributed by atoms with Crippen LogP contribution in [0.1, 0.15) is 29.8 Å². The van der Waals surface area contributed by atoms with Crippen molar-refractivity contribution in [2.24, 2.45) is 0 Å². The molecule has 0 fully saturated rings. The molecule has 0 aliphatic rings. The molecule has 7 heteroatoms. The lowest BCUT2D eigenvalue weighted by Gasteiger charge is -2.12. The first-order chi connectivity index (χ1) is 14.0. The molecule has 0 aliphatic heterocycles. The van der Waals surface area contributed by atoms with Crippen molar-refractivity contribution >= 4 is 22.4 Å². The number of aryl methyl sites for hydroxylation is 1. The molecule has 2 aromatic carbocycles. The lowest BCUT2D eigenvalue weighted by molar-refractivity contribution is 0.102. The smallest absolute Gasteiger partial charge is 0.257 e. The molecular weight excluding hydrogens is 388 g/mol. The second-order valence-electron chi connectivity index (χ2n) is 6.22. The van der Waals surface area contributed by atoms with Crippen molar-refractivity contribution in [2.75, 3.05) is 25.6 Å². The predicted molar refractivity (Wildman–Crippen MR) is 116 cm³/mol. The topological polar surface area (TPSA) is 69.7 Å². The lowest BCUT2D eigenvalue weighted by Crippen LogP contribution is -2.12. The Morgan fingerprint density at radius 3 is 2.48 bits per heavy atom. The van der Waals surface area contributed by atoms with E-state index in [1.165, 1.54) is 11.3 Å². The minimum atomic E-state index is -0.258. The van der Waals surface area contributed by atoms with Crippen LogP contribution in [0, 0.1) is 6.92 Å². The van der Waals surface area contributed by atoms with Gasteiger partial charge in [0, 0.05) is 16.5 Å². The van der Waals surface area contributed by atoms with Crippen molar-refractivity contribution < 1.29 is 19.0 Å². The molecule has 1 heterocycles. The molecule has 152 valence electrons. The van der Waals surface area contributed by atoms with Crippen molar-refractivity contribution in [1.82, 2.24) is 4.98 Å². The molecule has 3 rings (SSSR count). The molecule has 1 N–H and O–H groups in total. The highest BCUT2D eigenvalue weighted by Crippen LogP contribution is 2.33. The minimum absolute atomic E-state index is 0.258. The van der Waals surface area contributed by atoms with Gasteiger partial charge in [0.15, 0.2) is 16.6 Å². The zero-order valence-electron chi connectivity index (χ0n) is 16.9. The first-order valence-electron chi connectivity index (χ1n) is 9.37. The third kappa shape index (κ3) is 4.86. The summed E-state index contributed by atoms with van der Waals surface area (Å²) in [6.07, 6.45) is 0. The summed E-state index contributed by atoms with van der Waals surface area (Å²) in [4.78, 5) is 17.2. The van der Waals surface area contributed by atoms with Crippen molar-refractivity contribution in [1.29, 1.82) is 0 Å². The van der Waals surface area contributed by atoms with Crippen LogP contribution in [0.4, 0.5) is 5.13 Å². The normalized spacial score (nSPS) is 10.5. The SMILES string of the molecule is CCOc1ccc(C(=O)Nc2nc(-c3cc(C)ccc3OC)cs2)cc1OCC. The molecule has 0 aliphatic carbocycles. The fourth-order valence-corrected chi connectivity index (χ4v) is 3.54. The number of amides is 1. The number of rotatable bonds is 8. The Balaban J connectivity index is 1.80. The first kappa shape index (κ1) is 20.7. The van der Waals surface area contributed by atoms with Gasteiger partial charge in [-0.25, -0.2) is 4.98 Å². The summed E-state index contributed by atoms with van der Waals surface area (Å²) in [6.45, 7) is 6.81. The number of ether oxygens (including phenoxy) is 3. The highest BCUT2D eigenvalue weighted by Gasteiger charge is 2.15. The third-order valence-electron chi connectivity index (χ3n) is 4.16. The Kier molecular flexibility index (Phi) is 6.72. The maximum atomic E-state index is 12.7. The first-order valence-corrected chi connectivity index (χ1v) is 10.2. The molecule has 0 saturated carbocycles. The van der Waals surface area contributed by atoms with Crippen molar-refractivity contribution in [3.05, 3.63) is 52.9 Å². The van der Waals surface area contributed by atoms with E-state index in [2.05, 4.69) is 10.3 Å². The van der Waals surface area contributed by atoms with Gasteiger partial charge in [0.2, 0.25) is 0 Å². The molecule has 0 saturated heterocycles. The van der Waals surface area contributed by atoms with E-state index in [4.69, 9.17) is 14.2 Å². The summed E-state index contributed by atoms with van der Waals surface area (Å²) in [6, 6.07) is 11.0. The van der Waals surface area contributed by atoms with E-state index in [9.17, 15) is 4.79 Å². The van der Waals surface area contributed by atoms with E-state index in [-0.39, 0.29) is 5.91 Å². The van der Waals surface area contributed by atoms with Crippen molar-refractivity contribution in [2.45, 2.75) is 20.8 Å². The second-order valence-corrected chi connectivity index (χ2v) is 7.08. The Labute approximate surface area is 174 Å². The summed E-state index contributed by atoms with van der Waals surface area (Å²) in [5.74, 6) is 1.65. The minimum Gasteiger partial charge on any atom is -0.496 e. The fraction of sp³-hybridized carbons (Fsp3) is 0.273. The largest absolute Gasteiger partial charge is 0.496 e. The monoisotopic (exact) mass is 412 g/mol. The van der Waals surface area contributed by atoms with Crippen LogP contribution in [0.25, 0.3) is 11.3 Å². The van der Waals surface area contributed by atoms with Crippen LogP contribution < -0.4 is 19.5 Å². The molecule has 0 atom stereocenters. The number of carbonyl (C=O) groups is 1. The van der Waals surface area contributed by atoms with Crippen molar-refractivity contribution in [3.8, 4) is 28.5 Å². The van der Waals surface area contributed by atoms with Gasteiger partial charge in [-0.3, -0.25) is 10.1 Å². The number of methoxy groups -OCH3 is 1. The lowest BCUT2D eigenvalue weighted by atomic mass is 10.1. The van der Waals surface area contributed by atoms with E-state index in [1.54, 1.807) is 25.3 Å². The summed E-state index contributed by atoms with van der Waals surface area (Å²) in [5.41, 5.74) is 3.23. The summed E-state index contributed by atoms with van der Waals surface area (Å²) < 4.78 is 16.6. The molecule has 0 spiro atoms. The molecule has 0 unspecified atom stereocenters.